The quantitative estimate of drug-likeness (QED) is 0.740. The normalized spacial score (nSPS) is 10.6. The highest BCUT2D eigenvalue weighted by Gasteiger charge is 2.14. The van der Waals surface area contributed by atoms with E-state index in [9.17, 15) is 9.18 Å². The van der Waals surface area contributed by atoms with Gasteiger partial charge in [0.25, 0.3) is 0 Å². The van der Waals surface area contributed by atoms with Crippen molar-refractivity contribution >= 4 is 5.97 Å². The van der Waals surface area contributed by atoms with E-state index in [-0.39, 0.29) is 18.7 Å². The summed E-state index contributed by atoms with van der Waals surface area (Å²) in [7, 11) is 1.49. The molecule has 0 radical (unpaired) electrons. The van der Waals surface area contributed by atoms with Crippen molar-refractivity contribution in [1.82, 2.24) is 20.0 Å². The molecule has 0 aliphatic carbocycles. The first-order chi connectivity index (χ1) is 12.1. The Morgan fingerprint density at radius 2 is 1.96 bits per heavy atom. The zero-order valence-corrected chi connectivity index (χ0v) is 13.4. The number of benzene rings is 1. The number of nitrogens with zero attached hydrogens (tertiary/aromatic N) is 4. The van der Waals surface area contributed by atoms with Gasteiger partial charge in [0.1, 0.15) is 5.82 Å². The molecule has 128 valence electrons. The Hall–Kier alpha value is -3.29. The summed E-state index contributed by atoms with van der Waals surface area (Å²) in [5, 5.41) is 21.3. The second-order valence-corrected chi connectivity index (χ2v) is 5.27. The molecule has 0 fully saturated rings. The van der Waals surface area contributed by atoms with Gasteiger partial charge in [-0.05, 0) is 36.4 Å². The van der Waals surface area contributed by atoms with Gasteiger partial charge in [-0.1, -0.05) is 0 Å². The van der Waals surface area contributed by atoms with E-state index in [0.717, 1.165) is 5.56 Å². The monoisotopic (exact) mass is 342 g/mol. The van der Waals surface area contributed by atoms with Crippen molar-refractivity contribution in [3.05, 3.63) is 54.0 Å². The molecule has 3 rings (SSSR count). The Kier molecular flexibility index (Phi) is 4.69. The number of ether oxygens (including phenoxy) is 1. The zero-order valence-electron chi connectivity index (χ0n) is 13.4. The van der Waals surface area contributed by atoms with E-state index in [4.69, 9.17) is 9.84 Å². The van der Waals surface area contributed by atoms with Gasteiger partial charge in [-0.15, -0.1) is 10.2 Å². The Balaban J connectivity index is 2.03. The van der Waals surface area contributed by atoms with Crippen LogP contribution in [0.1, 0.15) is 12.1 Å². The first-order valence-electron chi connectivity index (χ1n) is 7.51. The summed E-state index contributed by atoms with van der Waals surface area (Å²) in [6, 6.07) is 11.1. The summed E-state index contributed by atoms with van der Waals surface area (Å²) < 4.78 is 19.7. The number of hydrogen-bond acceptors (Lipinski definition) is 5. The topological polar surface area (TPSA) is 90.1 Å². The molecule has 0 saturated carbocycles. The molecule has 0 saturated heterocycles. The lowest BCUT2D eigenvalue weighted by Crippen LogP contribution is -2.05. The Labute approximate surface area is 142 Å². The lowest BCUT2D eigenvalue weighted by Gasteiger charge is -2.06. The number of methoxy groups -OCH3 is 1. The molecule has 3 aromatic rings. The highest BCUT2D eigenvalue weighted by molar-refractivity contribution is 5.67. The number of rotatable bonds is 6. The van der Waals surface area contributed by atoms with E-state index in [1.54, 1.807) is 35.0 Å². The van der Waals surface area contributed by atoms with Crippen LogP contribution in [-0.4, -0.2) is 38.2 Å². The van der Waals surface area contributed by atoms with Crippen molar-refractivity contribution in [1.29, 1.82) is 0 Å². The van der Waals surface area contributed by atoms with Crippen LogP contribution in [0.25, 0.3) is 17.1 Å². The van der Waals surface area contributed by atoms with Crippen LogP contribution in [0.2, 0.25) is 0 Å². The minimum absolute atomic E-state index is 0.0336. The third-order valence-electron chi connectivity index (χ3n) is 3.55. The van der Waals surface area contributed by atoms with Gasteiger partial charge in [-0.25, -0.2) is 9.07 Å². The Bertz CT molecular complexity index is 876. The van der Waals surface area contributed by atoms with Crippen LogP contribution in [0.15, 0.2) is 42.5 Å². The number of aliphatic carboxylic acids is 1. The minimum Gasteiger partial charge on any atom is -0.481 e. The maximum Gasteiger partial charge on any atom is 0.303 e. The van der Waals surface area contributed by atoms with Crippen molar-refractivity contribution in [3.63, 3.8) is 0 Å². The minimum atomic E-state index is -0.901. The summed E-state index contributed by atoms with van der Waals surface area (Å²) in [6.45, 7) is 0. The van der Waals surface area contributed by atoms with Gasteiger partial charge in [0.15, 0.2) is 5.82 Å². The SMILES string of the molecule is COc1ccc(-n2nc(CCC(=O)O)cc2-c2ccc(F)cc2)nn1. The highest BCUT2D eigenvalue weighted by Crippen LogP contribution is 2.24. The largest absolute Gasteiger partial charge is 0.481 e. The molecule has 7 nitrogen and oxygen atoms in total. The summed E-state index contributed by atoms with van der Waals surface area (Å²) >= 11 is 0. The van der Waals surface area contributed by atoms with Gasteiger partial charge in [-0.3, -0.25) is 4.79 Å². The maximum atomic E-state index is 13.2. The molecule has 1 N–H and O–H groups in total. The van der Waals surface area contributed by atoms with E-state index in [1.165, 1.54) is 19.2 Å². The third kappa shape index (κ3) is 3.79. The number of carbonyl (C=O) groups is 1. The van der Waals surface area contributed by atoms with E-state index in [1.807, 2.05) is 0 Å². The molecule has 1 aromatic carbocycles. The smallest absolute Gasteiger partial charge is 0.303 e. The molecule has 0 amide bonds. The molecule has 8 heteroatoms. The van der Waals surface area contributed by atoms with Crippen LogP contribution >= 0.6 is 0 Å². The molecule has 2 aromatic heterocycles. The number of hydrogen-bond donors (Lipinski definition) is 1. The highest BCUT2D eigenvalue weighted by atomic mass is 19.1. The number of aromatic nitrogens is 4. The second-order valence-electron chi connectivity index (χ2n) is 5.27. The van der Waals surface area contributed by atoms with Crippen molar-refractivity contribution in [2.24, 2.45) is 0 Å². The summed E-state index contributed by atoms with van der Waals surface area (Å²) in [6.07, 6.45) is 0.244. The number of carboxylic acids is 1. The fourth-order valence-electron chi connectivity index (χ4n) is 2.32. The van der Waals surface area contributed by atoms with Crippen LogP contribution in [0, 0.1) is 5.82 Å². The van der Waals surface area contributed by atoms with Gasteiger partial charge in [0, 0.05) is 18.1 Å². The Morgan fingerprint density at radius 3 is 2.56 bits per heavy atom. The lowest BCUT2D eigenvalue weighted by atomic mass is 10.1. The van der Waals surface area contributed by atoms with Crippen LogP contribution in [-0.2, 0) is 11.2 Å². The fourth-order valence-corrected chi connectivity index (χ4v) is 2.32. The van der Waals surface area contributed by atoms with Crippen molar-refractivity contribution in [2.75, 3.05) is 7.11 Å². The molecule has 0 atom stereocenters. The molecular formula is C17H15FN4O3. The van der Waals surface area contributed by atoms with Crippen LogP contribution in [0.5, 0.6) is 5.88 Å². The summed E-state index contributed by atoms with van der Waals surface area (Å²) in [5.74, 6) is -0.431. The predicted molar refractivity (Wildman–Crippen MR) is 87.1 cm³/mol. The third-order valence-corrected chi connectivity index (χ3v) is 3.55. The summed E-state index contributed by atoms with van der Waals surface area (Å²) in [4.78, 5) is 10.8. The first-order valence-corrected chi connectivity index (χ1v) is 7.51. The van der Waals surface area contributed by atoms with E-state index in [2.05, 4.69) is 15.3 Å². The Morgan fingerprint density at radius 1 is 1.20 bits per heavy atom. The van der Waals surface area contributed by atoms with Crippen LogP contribution in [0.4, 0.5) is 4.39 Å². The molecule has 0 aliphatic heterocycles. The van der Waals surface area contributed by atoms with Crippen molar-refractivity contribution < 1.29 is 19.0 Å². The van der Waals surface area contributed by atoms with E-state index in [0.29, 0.717) is 23.1 Å². The molecule has 0 aliphatic rings. The van der Waals surface area contributed by atoms with Crippen molar-refractivity contribution in [3.8, 4) is 23.0 Å². The standard InChI is InChI=1S/C17H15FN4O3/c1-25-16-8-7-15(19-20-16)22-14(11-2-4-12(18)5-3-11)10-13(21-22)6-9-17(23)24/h2-5,7-8,10H,6,9H2,1H3,(H,23,24). The molecule has 2 heterocycles. The van der Waals surface area contributed by atoms with Gasteiger partial charge in [-0.2, -0.15) is 5.10 Å². The van der Waals surface area contributed by atoms with Crippen LogP contribution in [0.3, 0.4) is 0 Å². The molecule has 25 heavy (non-hydrogen) atoms. The number of carboxylic acid groups (broad SMARTS) is 1. The van der Waals surface area contributed by atoms with Crippen molar-refractivity contribution in [2.45, 2.75) is 12.8 Å². The zero-order chi connectivity index (χ0) is 17.8. The molecule has 0 unspecified atom stereocenters. The number of halogens is 1. The van der Waals surface area contributed by atoms with E-state index >= 15 is 0 Å². The molecule has 0 bridgehead atoms. The van der Waals surface area contributed by atoms with Crippen LogP contribution < -0.4 is 4.74 Å². The second kappa shape index (κ2) is 7.08. The molecular weight excluding hydrogens is 327 g/mol. The number of aryl methyl sites for hydroxylation is 1. The van der Waals surface area contributed by atoms with Gasteiger partial charge in [0.2, 0.25) is 5.88 Å². The van der Waals surface area contributed by atoms with Gasteiger partial charge >= 0.3 is 5.97 Å². The van der Waals surface area contributed by atoms with Gasteiger partial charge < -0.3 is 9.84 Å². The predicted octanol–water partition coefficient (Wildman–Crippen LogP) is 2.49. The average molecular weight is 342 g/mol. The summed E-state index contributed by atoms with van der Waals surface area (Å²) in [5.41, 5.74) is 1.99. The van der Waals surface area contributed by atoms with E-state index < -0.39 is 5.97 Å². The van der Waals surface area contributed by atoms with Gasteiger partial charge in [0.05, 0.1) is 24.9 Å². The first kappa shape index (κ1) is 16.6. The fraction of sp³-hybridized carbons (Fsp3) is 0.176. The lowest BCUT2D eigenvalue weighted by molar-refractivity contribution is -0.136. The average Bonchev–Trinajstić information content (AvgIpc) is 3.05. The maximum absolute atomic E-state index is 13.2. The molecule has 0 spiro atoms.